The van der Waals surface area contributed by atoms with Crippen LogP contribution in [-0.2, 0) is 9.47 Å². The summed E-state index contributed by atoms with van der Waals surface area (Å²) in [5.74, 6) is 0.587. The van der Waals surface area contributed by atoms with Gasteiger partial charge >= 0.3 is 12.1 Å². The van der Waals surface area contributed by atoms with Gasteiger partial charge in [0.05, 0.1) is 54.2 Å². The van der Waals surface area contributed by atoms with Crippen LogP contribution in [0.5, 0.6) is 11.8 Å². The van der Waals surface area contributed by atoms with E-state index in [-0.39, 0.29) is 44.5 Å². The van der Waals surface area contributed by atoms with Crippen LogP contribution in [0.15, 0.2) is 24.5 Å². The highest BCUT2D eigenvalue weighted by Gasteiger charge is 2.62. The topological polar surface area (TPSA) is 145 Å². The lowest BCUT2D eigenvalue weighted by atomic mass is 9.74. The van der Waals surface area contributed by atoms with E-state index in [2.05, 4.69) is 24.9 Å². The molecule has 1 spiro atoms. The first-order chi connectivity index (χ1) is 19.8. The molecule has 4 aromatic rings. The van der Waals surface area contributed by atoms with Crippen LogP contribution < -0.4 is 20.3 Å². The molecular formula is C28H32F2N8O4. The van der Waals surface area contributed by atoms with Crippen molar-refractivity contribution in [3.63, 3.8) is 0 Å². The van der Waals surface area contributed by atoms with Crippen molar-refractivity contribution in [1.82, 2.24) is 24.9 Å². The number of amides is 1. The van der Waals surface area contributed by atoms with Gasteiger partial charge in [-0.25, -0.2) is 23.5 Å². The quantitative estimate of drug-likeness (QED) is 0.354. The van der Waals surface area contributed by atoms with Crippen LogP contribution >= 0.6 is 0 Å². The first-order valence-corrected chi connectivity index (χ1v) is 13.5. The normalized spacial score (nSPS) is 19.9. The number of rotatable bonds is 5. The SMILES string of the molecule is Cc1ncc(Oc2nc(N3CC(F)(CN)C4(COC4)C3)c3c(n2)[nH]c2c(N(C)C(=O)OC(C)(C)C)cc(F)cc23)cn1. The van der Waals surface area contributed by atoms with Crippen LogP contribution in [0.2, 0.25) is 0 Å². The minimum absolute atomic E-state index is 0.0537. The van der Waals surface area contributed by atoms with E-state index in [0.29, 0.717) is 39.3 Å². The molecule has 5 heterocycles. The first kappa shape index (κ1) is 28.0. The van der Waals surface area contributed by atoms with Crippen LogP contribution in [0.4, 0.5) is 25.1 Å². The molecule has 0 radical (unpaired) electrons. The lowest BCUT2D eigenvalue weighted by Gasteiger charge is -2.44. The number of H-pyrrole nitrogens is 1. The molecule has 14 heteroatoms. The molecule has 1 aromatic carbocycles. The number of hydrogen-bond donors (Lipinski definition) is 2. The monoisotopic (exact) mass is 582 g/mol. The van der Waals surface area contributed by atoms with Crippen LogP contribution in [0.25, 0.3) is 21.9 Å². The second kappa shape index (κ2) is 9.70. The molecule has 0 bridgehead atoms. The minimum atomic E-state index is -1.73. The maximum atomic E-state index is 16.2. The highest BCUT2D eigenvalue weighted by Crippen LogP contribution is 2.50. The van der Waals surface area contributed by atoms with Crippen molar-refractivity contribution in [2.24, 2.45) is 11.1 Å². The molecule has 0 aliphatic carbocycles. The number of aromatic nitrogens is 5. The van der Waals surface area contributed by atoms with E-state index in [0.717, 1.165) is 0 Å². The number of alkyl halides is 1. The van der Waals surface area contributed by atoms with E-state index in [4.69, 9.17) is 19.9 Å². The second-order valence-corrected chi connectivity index (χ2v) is 11.9. The fraction of sp³-hybridized carbons (Fsp3) is 0.464. The van der Waals surface area contributed by atoms with E-state index < -0.39 is 28.6 Å². The number of carbonyl (C=O) groups excluding carboxylic acids is 1. The maximum absolute atomic E-state index is 16.2. The van der Waals surface area contributed by atoms with Gasteiger partial charge in [-0.2, -0.15) is 9.97 Å². The zero-order chi connectivity index (χ0) is 30.0. The van der Waals surface area contributed by atoms with Crippen molar-refractivity contribution in [1.29, 1.82) is 0 Å². The Morgan fingerprint density at radius 2 is 1.93 bits per heavy atom. The predicted octanol–water partition coefficient (Wildman–Crippen LogP) is 4.02. The Hall–Kier alpha value is -4.17. The molecule has 2 saturated heterocycles. The van der Waals surface area contributed by atoms with Gasteiger partial charge in [0.15, 0.2) is 11.4 Å². The van der Waals surface area contributed by atoms with Crippen molar-refractivity contribution < 1.29 is 27.8 Å². The van der Waals surface area contributed by atoms with E-state index in [1.54, 1.807) is 32.6 Å². The van der Waals surface area contributed by atoms with Gasteiger partial charge in [-0.3, -0.25) is 4.90 Å². The third kappa shape index (κ3) is 4.64. The third-order valence-electron chi connectivity index (χ3n) is 7.72. The average Bonchev–Trinajstić information content (AvgIpc) is 3.43. The van der Waals surface area contributed by atoms with E-state index in [1.165, 1.54) is 36.5 Å². The standard InChI is InChI=1S/C28H32F2N8O4/c1-15-32-8-17(9-33-15)41-24-35-22-20(23(36-24)38-11-27(13-40-14-27)28(30,10-31)12-38)18-6-16(29)7-19(21(18)34-22)37(5)25(39)42-26(2,3)4/h6-9H,10-14,31H2,1-5H3,(H,34,35,36). The van der Waals surface area contributed by atoms with Gasteiger partial charge in [-0.1, -0.05) is 0 Å². The number of carbonyl (C=O) groups is 1. The number of hydrogen-bond acceptors (Lipinski definition) is 10. The number of aryl methyl sites for hydroxylation is 1. The molecule has 3 aromatic heterocycles. The summed E-state index contributed by atoms with van der Waals surface area (Å²) >= 11 is 0. The smallest absolute Gasteiger partial charge is 0.414 e. The lowest BCUT2D eigenvalue weighted by Crippen LogP contribution is -2.60. The summed E-state index contributed by atoms with van der Waals surface area (Å²) in [5, 5.41) is 0.839. The largest absolute Gasteiger partial charge is 0.443 e. The van der Waals surface area contributed by atoms with Gasteiger partial charge in [0.2, 0.25) is 0 Å². The maximum Gasteiger partial charge on any atom is 0.414 e. The fourth-order valence-corrected chi connectivity index (χ4v) is 5.48. The zero-order valence-corrected chi connectivity index (χ0v) is 24.0. The molecule has 222 valence electrons. The van der Waals surface area contributed by atoms with Crippen molar-refractivity contribution in [3.8, 4) is 11.8 Å². The van der Waals surface area contributed by atoms with Gasteiger partial charge < -0.3 is 29.8 Å². The molecule has 6 rings (SSSR count). The summed E-state index contributed by atoms with van der Waals surface area (Å²) in [7, 11) is 1.49. The summed E-state index contributed by atoms with van der Waals surface area (Å²) in [6, 6.07) is 2.50. The number of nitrogens with zero attached hydrogens (tertiary/aromatic N) is 6. The number of fused-ring (bicyclic) bond motifs is 3. The second-order valence-electron chi connectivity index (χ2n) is 11.9. The number of anilines is 2. The highest BCUT2D eigenvalue weighted by atomic mass is 19.1. The molecule has 1 amide bonds. The number of ether oxygens (including phenoxy) is 3. The predicted molar refractivity (Wildman–Crippen MR) is 151 cm³/mol. The molecule has 0 saturated carbocycles. The van der Waals surface area contributed by atoms with Crippen LogP contribution in [0, 0.1) is 18.2 Å². The summed E-state index contributed by atoms with van der Waals surface area (Å²) in [5.41, 5.74) is 3.58. The lowest BCUT2D eigenvalue weighted by molar-refractivity contribution is -0.163. The van der Waals surface area contributed by atoms with Gasteiger partial charge in [-0.05, 0) is 39.8 Å². The molecule has 2 aliphatic rings. The molecular weight excluding hydrogens is 550 g/mol. The number of benzene rings is 1. The Labute approximate surface area is 240 Å². The van der Waals surface area contributed by atoms with E-state index in [1.807, 2.05) is 0 Å². The van der Waals surface area contributed by atoms with E-state index >= 15 is 8.78 Å². The molecule has 2 fully saturated rings. The number of nitrogens with one attached hydrogen (secondary N) is 1. The van der Waals surface area contributed by atoms with Crippen molar-refractivity contribution >= 4 is 39.5 Å². The van der Waals surface area contributed by atoms with Gasteiger partial charge in [0, 0.05) is 25.5 Å². The molecule has 1 unspecified atom stereocenters. The Bertz CT molecular complexity index is 1670. The first-order valence-electron chi connectivity index (χ1n) is 13.5. The summed E-state index contributed by atoms with van der Waals surface area (Å²) < 4.78 is 48.2. The van der Waals surface area contributed by atoms with Crippen molar-refractivity contribution in [2.45, 2.75) is 39.0 Å². The van der Waals surface area contributed by atoms with Crippen molar-refractivity contribution in [2.75, 3.05) is 49.7 Å². The Balaban J connectivity index is 1.53. The molecule has 3 N–H and O–H groups in total. The number of aromatic amines is 1. The fourth-order valence-electron chi connectivity index (χ4n) is 5.48. The van der Waals surface area contributed by atoms with Crippen molar-refractivity contribution in [3.05, 3.63) is 36.2 Å². The van der Waals surface area contributed by atoms with Crippen LogP contribution in [0.3, 0.4) is 0 Å². The van der Waals surface area contributed by atoms with Gasteiger partial charge in [0.1, 0.15) is 28.7 Å². The Kier molecular flexibility index (Phi) is 6.46. The Morgan fingerprint density at radius 1 is 1.21 bits per heavy atom. The summed E-state index contributed by atoms with van der Waals surface area (Å²) in [4.78, 5) is 36.7. The van der Waals surface area contributed by atoms with Crippen LogP contribution in [-0.4, -0.2) is 82.2 Å². The number of halogens is 2. The highest BCUT2D eigenvalue weighted by molar-refractivity contribution is 6.16. The van der Waals surface area contributed by atoms with Gasteiger partial charge in [-0.15, -0.1) is 0 Å². The summed E-state index contributed by atoms with van der Waals surface area (Å²) in [6.45, 7) is 7.44. The Morgan fingerprint density at radius 3 is 2.52 bits per heavy atom. The molecule has 12 nitrogen and oxygen atoms in total. The average molecular weight is 583 g/mol. The third-order valence-corrected chi connectivity index (χ3v) is 7.72. The van der Waals surface area contributed by atoms with E-state index in [9.17, 15) is 4.79 Å². The molecule has 2 aliphatic heterocycles. The molecule has 42 heavy (non-hydrogen) atoms. The zero-order valence-electron chi connectivity index (χ0n) is 24.0. The van der Waals surface area contributed by atoms with Crippen LogP contribution in [0.1, 0.15) is 26.6 Å². The van der Waals surface area contributed by atoms with Gasteiger partial charge in [0.25, 0.3) is 0 Å². The number of nitrogens with two attached hydrogens (primary N) is 1. The molecule has 1 atom stereocenters. The summed E-state index contributed by atoms with van der Waals surface area (Å²) in [6.07, 6.45) is 2.31. The minimum Gasteiger partial charge on any atom is -0.443 e.